The number of pyridine rings is 1. The van der Waals surface area contributed by atoms with Gasteiger partial charge in [-0.05, 0) is 31.2 Å². The van der Waals surface area contributed by atoms with Crippen LogP contribution in [0.5, 0.6) is 0 Å². The quantitative estimate of drug-likeness (QED) is 0.451. The molecule has 0 aliphatic carbocycles. The van der Waals surface area contributed by atoms with E-state index in [2.05, 4.69) is 36.1 Å². The zero-order valence-corrected chi connectivity index (χ0v) is 15.1. The normalized spacial score (nSPS) is 11.2. The van der Waals surface area contributed by atoms with Gasteiger partial charge in [0.05, 0.1) is 18.7 Å². The lowest BCUT2D eigenvalue weighted by Gasteiger charge is -2.22. The molecule has 25 heavy (non-hydrogen) atoms. The van der Waals surface area contributed by atoms with Crippen LogP contribution in [0.25, 0.3) is 0 Å². The van der Waals surface area contributed by atoms with Gasteiger partial charge in [-0.2, -0.15) is 0 Å². The highest BCUT2D eigenvalue weighted by Gasteiger charge is 2.08. The van der Waals surface area contributed by atoms with Crippen molar-refractivity contribution in [1.82, 2.24) is 25.1 Å². The third kappa shape index (κ3) is 5.63. The van der Waals surface area contributed by atoms with Crippen LogP contribution in [0.15, 0.2) is 47.8 Å². The molecular weight excluding hydrogens is 316 g/mol. The van der Waals surface area contributed by atoms with Crippen LogP contribution in [0.3, 0.4) is 0 Å². The van der Waals surface area contributed by atoms with E-state index in [1.807, 2.05) is 33.3 Å². The molecule has 0 fully saturated rings. The minimum atomic E-state index is -0.134. The second-order valence-corrected chi connectivity index (χ2v) is 5.70. The van der Waals surface area contributed by atoms with Crippen molar-refractivity contribution < 1.29 is 4.79 Å². The van der Waals surface area contributed by atoms with E-state index in [-0.39, 0.29) is 5.91 Å². The van der Waals surface area contributed by atoms with Gasteiger partial charge < -0.3 is 20.1 Å². The van der Waals surface area contributed by atoms with Gasteiger partial charge in [-0.1, -0.05) is 0 Å². The number of aliphatic imine (C=N–C) groups is 1. The summed E-state index contributed by atoms with van der Waals surface area (Å²) >= 11 is 0. The van der Waals surface area contributed by atoms with Crippen molar-refractivity contribution in [3.63, 3.8) is 0 Å². The number of rotatable bonds is 7. The first-order chi connectivity index (χ1) is 12.1. The van der Waals surface area contributed by atoms with Crippen LogP contribution < -0.4 is 10.6 Å². The number of nitrogens with one attached hydrogen (secondary N) is 2. The largest absolute Gasteiger partial charge is 0.357 e. The Morgan fingerprint density at radius 1 is 1.32 bits per heavy atom. The van der Waals surface area contributed by atoms with Crippen LogP contribution in [0.4, 0.5) is 0 Å². The van der Waals surface area contributed by atoms with Crippen LogP contribution in [-0.4, -0.2) is 53.0 Å². The minimum Gasteiger partial charge on any atom is -0.357 e. The first-order valence-electron chi connectivity index (χ1n) is 8.39. The van der Waals surface area contributed by atoms with Crippen LogP contribution in [0, 0.1) is 0 Å². The van der Waals surface area contributed by atoms with E-state index >= 15 is 0 Å². The highest BCUT2D eigenvalue weighted by molar-refractivity contribution is 5.93. The van der Waals surface area contributed by atoms with E-state index < -0.39 is 0 Å². The van der Waals surface area contributed by atoms with E-state index in [1.165, 1.54) is 5.69 Å². The number of aryl methyl sites for hydroxylation is 1. The Morgan fingerprint density at radius 2 is 2.16 bits per heavy atom. The summed E-state index contributed by atoms with van der Waals surface area (Å²) in [7, 11) is 4.03. The lowest BCUT2D eigenvalue weighted by Crippen LogP contribution is -2.39. The number of guanidine groups is 1. The highest BCUT2D eigenvalue weighted by atomic mass is 16.1. The minimum absolute atomic E-state index is 0.134. The molecule has 0 aliphatic rings. The second kappa shape index (κ2) is 9.46. The average molecular weight is 342 g/mol. The third-order valence-electron chi connectivity index (χ3n) is 3.73. The summed E-state index contributed by atoms with van der Waals surface area (Å²) in [5.74, 6) is 0.685. The summed E-state index contributed by atoms with van der Waals surface area (Å²) in [6.07, 6.45) is 5.23. The summed E-state index contributed by atoms with van der Waals surface area (Å²) in [4.78, 5) is 22.6. The van der Waals surface area contributed by atoms with E-state index in [4.69, 9.17) is 0 Å². The molecule has 2 aromatic rings. The fourth-order valence-electron chi connectivity index (χ4n) is 2.38. The molecule has 0 spiro atoms. The summed E-state index contributed by atoms with van der Waals surface area (Å²) in [6, 6.07) is 7.60. The zero-order valence-electron chi connectivity index (χ0n) is 15.1. The molecule has 0 saturated carbocycles. The van der Waals surface area contributed by atoms with Gasteiger partial charge in [0.15, 0.2) is 5.96 Å². The SMILES string of the molecule is CCNC(=NCCNC(=O)c1cccnc1)N(C)Cc1cccn1C. The predicted octanol–water partition coefficient (Wildman–Crippen LogP) is 1.25. The number of nitrogens with zero attached hydrogens (tertiary/aromatic N) is 4. The molecule has 2 heterocycles. The predicted molar refractivity (Wildman–Crippen MR) is 99.4 cm³/mol. The van der Waals surface area contributed by atoms with Gasteiger partial charge in [0, 0.05) is 51.5 Å². The number of carbonyl (C=O) groups is 1. The molecule has 0 aliphatic heterocycles. The van der Waals surface area contributed by atoms with Gasteiger partial charge in [-0.3, -0.25) is 14.8 Å². The van der Waals surface area contributed by atoms with Crippen molar-refractivity contribution in [3.05, 3.63) is 54.1 Å². The summed E-state index contributed by atoms with van der Waals surface area (Å²) in [5, 5.41) is 6.13. The summed E-state index contributed by atoms with van der Waals surface area (Å²) in [5.41, 5.74) is 1.76. The van der Waals surface area contributed by atoms with Crippen molar-refractivity contribution in [2.45, 2.75) is 13.5 Å². The maximum atomic E-state index is 12.0. The number of hydrogen-bond acceptors (Lipinski definition) is 3. The third-order valence-corrected chi connectivity index (χ3v) is 3.73. The first-order valence-corrected chi connectivity index (χ1v) is 8.39. The Kier molecular flexibility index (Phi) is 7.00. The fraction of sp³-hybridized carbons (Fsp3) is 0.389. The Morgan fingerprint density at radius 3 is 2.80 bits per heavy atom. The molecular formula is C18H26N6O. The van der Waals surface area contributed by atoms with Gasteiger partial charge in [-0.25, -0.2) is 0 Å². The standard InChI is InChI=1S/C18H26N6O/c1-4-20-18(24(3)14-16-8-6-12-23(16)2)22-11-10-21-17(25)15-7-5-9-19-13-15/h5-9,12-13H,4,10-11,14H2,1-3H3,(H,20,22)(H,21,25). The summed E-state index contributed by atoms with van der Waals surface area (Å²) < 4.78 is 2.09. The molecule has 0 unspecified atom stereocenters. The van der Waals surface area contributed by atoms with Crippen molar-refractivity contribution in [2.75, 3.05) is 26.7 Å². The lowest BCUT2D eigenvalue weighted by molar-refractivity contribution is 0.0954. The van der Waals surface area contributed by atoms with Crippen LogP contribution in [0.1, 0.15) is 23.0 Å². The van der Waals surface area contributed by atoms with Crippen molar-refractivity contribution in [3.8, 4) is 0 Å². The van der Waals surface area contributed by atoms with Crippen molar-refractivity contribution >= 4 is 11.9 Å². The smallest absolute Gasteiger partial charge is 0.252 e. The average Bonchev–Trinajstić information content (AvgIpc) is 3.03. The highest BCUT2D eigenvalue weighted by Crippen LogP contribution is 2.03. The molecule has 0 bridgehead atoms. The van der Waals surface area contributed by atoms with Crippen molar-refractivity contribution in [2.24, 2.45) is 12.0 Å². The molecule has 2 N–H and O–H groups in total. The Hall–Kier alpha value is -2.83. The molecule has 2 rings (SSSR count). The molecule has 0 radical (unpaired) electrons. The molecule has 7 nitrogen and oxygen atoms in total. The molecule has 1 amide bonds. The molecule has 0 saturated heterocycles. The van der Waals surface area contributed by atoms with Crippen LogP contribution in [-0.2, 0) is 13.6 Å². The number of carbonyl (C=O) groups excluding carboxylic acids is 1. The van der Waals surface area contributed by atoms with E-state index in [9.17, 15) is 4.79 Å². The molecule has 2 aromatic heterocycles. The number of amides is 1. The topological polar surface area (TPSA) is 74.5 Å². The van der Waals surface area contributed by atoms with Gasteiger partial charge in [0.25, 0.3) is 5.91 Å². The molecule has 7 heteroatoms. The van der Waals surface area contributed by atoms with E-state index in [1.54, 1.807) is 24.5 Å². The maximum Gasteiger partial charge on any atom is 0.252 e. The fourth-order valence-corrected chi connectivity index (χ4v) is 2.38. The first kappa shape index (κ1) is 18.5. The van der Waals surface area contributed by atoms with E-state index in [0.717, 1.165) is 19.0 Å². The van der Waals surface area contributed by atoms with Gasteiger partial charge in [0.1, 0.15) is 0 Å². The van der Waals surface area contributed by atoms with Gasteiger partial charge in [0.2, 0.25) is 0 Å². The Labute approximate surface area is 148 Å². The Bertz CT molecular complexity index is 695. The molecule has 0 aromatic carbocycles. The van der Waals surface area contributed by atoms with Gasteiger partial charge >= 0.3 is 0 Å². The monoisotopic (exact) mass is 342 g/mol. The Balaban J connectivity index is 1.86. The summed E-state index contributed by atoms with van der Waals surface area (Å²) in [6.45, 7) is 4.57. The second-order valence-electron chi connectivity index (χ2n) is 5.70. The number of hydrogen-bond donors (Lipinski definition) is 2. The van der Waals surface area contributed by atoms with Crippen LogP contribution in [0.2, 0.25) is 0 Å². The number of aromatic nitrogens is 2. The lowest BCUT2D eigenvalue weighted by atomic mass is 10.3. The van der Waals surface area contributed by atoms with Crippen molar-refractivity contribution in [1.29, 1.82) is 0 Å². The molecule has 0 atom stereocenters. The van der Waals surface area contributed by atoms with Gasteiger partial charge in [-0.15, -0.1) is 0 Å². The van der Waals surface area contributed by atoms with Crippen LogP contribution >= 0.6 is 0 Å². The maximum absolute atomic E-state index is 12.0. The van der Waals surface area contributed by atoms with E-state index in [0.29, 0.717) is 18.7 Å². The zero-order chi connectivity index (χ0) is 18.1. The molecule has 134 valence electrons.